The Bertz CT molecular complexity index is 744. The fourth-order valence-corrected chi connectivity index (χ4v) is 2.93. The number of piperidine rings is 1. The molecule has 1 saturated heterocycles. The van der Waals surface area contributed by atoms with Crippen LogP contribution in [0.25, 0.3) is 0 Å². The summed E-state index contributed by atoms with van der Waals surface area (Å²) in [5.74, 6) is 1.12. The average molecular weight is 342 g/mol. The fraction of sp³-hybridized carbons (Fsp3) is 0.412. The van der Waals surface area contributed by atoms with Crippen LogP contribution in [-0.4, -0.2) is 28.0 Å². The molecule has 1 aliphatic heterocycles. The molecule has 3 N–H and O–H groups in total. The van der Waals surface area contributed by atoms with Crippen molar-refractivity contribution < 1.29 is 4.92 Å². The Hall–Kier alpha value is -2.90. The van der Waals surface area contributed by atoms with Crippen LogP contribution in [0.1, 0.15) is 25.3 Å². The van der Waals surface area contributed by atoms with Gasteiger partial charge in [-0.2, -0.15) is 9.97 Å². The lowest BCUT2D eigenvalue weighted by Crippen LogP contribution is -2.34. The van der Waals surface area contributed by atoms with Crippen molar-refractivity contribution in [3.63, 3.8) is 0 Å². The summed E-state index contributed by atoms with van der Waals surface area (Å²) in [4.78, 5) is 21.3. The molecule has 25 heavy (non-hydrogen) atoms. The smallest absolute Gasteiger partial charge is 0.353 e. The molecule has 0 spiro atoms. The first-order valence-corrected chi connectivity index (χ1v) is 8.39. The highest BCUT2D eigenvalue weighted by Gasteiger charge is 2.29. The van der Waals surface area contributed by atoms with Gasteiger partial charge >= 0.3 is 5.69 Å². The number of rotatable bonds is 5. The Morgan fingerprint density at radius 1 is 1.28 bits per heavy atom. The lowest BCUT2D eigenvalue weighted by molar-refractivity contribution is -0.383. The molecule has 1 fully saturated rings. The molecule has 0 radical (unpaired) electrons. The average Bonchev–Trinajstić information content (AvgIpc) is 2.60. The standard InChI is InChI=1S/C17H22N6O2/c1-12-7-9-22(10-8-12)16-14(23(24)25)15(18)20-17(21-16)19-11-13-5-3-2-4-6-13/h2-6,12H,7-11H2,1H3,(H3,18,19,20,21). The maximum Gasteiger partial charge on any atom is 0.353 e. The van der Waals surface area contributed by atoms with E-state index in [9.17, 15) is 10.1 Å². The first-order chi connectivity index (χ1) is 12.0. The van der Waals surface area contributed by atoms with Gasteiger partial charge in [0.1, 0.15) is 0 Å². The Balaban J connectivity index is 1.86. The summed E-state index contributed by atoms with van der Waals surface area (Å²) in [5.41, 5.74) is 6.72. The van der Waals surface area contributed by atoms with Gasteiger partial charge in [-0.3, -0.25) is 10.1 Å². The lowest BCUT2D eigenvalue weighted by atomic mass is 9.99. The third kappa shape index (κ3) is 3.96. The van der Waals surface area contributed by atoms with Gasteiger partial charge in [-0.25, -0.2) is 0 Å². The summed E-state index contributed by atoms with van der Waals surface area (Å²) >= 11 is 0. The van der Waals surface area contributed by atoms with Crippen molar-refractivity contribution in [2.24, 2.45) is 5.92 Å². The second-order valence-electron chi connectivity index (χ2n) is 6.37. The highest BCUT2D eigenvalue weighted by molar-refractivity contribution is 5.71. The molecule has 0 bridgehead atoms. The van der Waals surface area contributed by atoms with Crippen molar-refractivity contribution in [2.45, 2.75) is 26.3 Å². The third-order valence-corrected chi connectivity index (χ3v) is 4.45. The Morgan fingerprint density at radius 3 is 2.60 bits per heavy atom. The first kappa shape index (κ1) is 16.9. The molecule has 0 saturated carbocycles. The monoisotopic (exact) mass is 342 g/mol. The minimum atomic E-state index is -0.496. The van der Waals surface area contributed by atoms with E-state index in [2.05, 4.69) is 22.2 Å². The number of nitrogen functional groups attached to an aromatic ring is 1. The number of benzene rings is 1. The molecule has 1 aliphatic rings. The molecule has 8 heteroatoms. The summed E-state index contributed by atoms with van der Waals surface area (Å²) in [5, 5.41) is 14.5. The topological polar surface area (TPSA) is 110 Å². The molecule has 0 atom stereocenters. The van der Waals surface area contributed by atoms with Crippen molar-refractivity contribution >= 4 is 23.3 Å². The molecule has 8 nitrogen and oxygen atoms in total. The van der Waals surface area contributed by atoms with E-state index in [1.807, 2.05) is 35.2 Å². The summed E-state index contributed by atoms with van der Waals surface area (Å²) < 4.78 is 0. The summed E-state index contributed by atoms with van der Waals surface area (Å²) in [7, 11) is 0. The van der Waals surface area contributed by atoms with Crippen molar-refractivity contribution in [1.29, 1.82) is 0 Å². The van der Waals surface area contributed by atoms with Gasteiger partial charge in [-0.15, -0.1) is 0 Å². The highest BCUT2D eigenvalue weighted by Crippen LogP contribution is 2.34. The molecule has 0 unspecified atom stereocenters. The van der Waals surface area contributed by atoms with Crippen LogP contribution >= 0.6 is 0 Å². The number of nitrogens with one attached hydrogen (secondary N) is 1. The number of anilines is 3. The van der Waals surface area contributed by atoms with Crippen LogP contribution < -0.4 is 16.0 Å². The molecule has 2 heterocycles. The van der Waals surface area contributed by atoms with E-state index in [-0.39, 0.29) is 11.5 Å². The molecule has 1 aromatic heterocycles. The summed E-state index contributed by atoms with van der Waals surface area (Å²) in [6.07, 6.45) is 1.96. The quantitative estimate of drug-likeness (QED) is 0.635. The second kappa shape index (κ2) is 7.33. The predicted molar refractivity (Wildman–Crippen MR) is 97.5 cm³/mol. The van der Waals surface area contributed by atoms with Gasteiger partial charge in [-0.05, 0) is 24.3 Å². The van der Waals surface area contributed by atoms with Crippen LogP contribution in [0.15, 0.2) is 30.3 Å². The van der Waals surface area contributed by atoms with Crippen molar-refractivity contribution in [3.05, 3.63) is 46.0 Å². The SMILES string of the molecule is CC1CCN(c2nc(NCc3ccccc3)nc(N)c2[N+](=O)[O-])CC1. The Labute approximate surface area is 146 Å². The van der Waals surface area contributed by atoms with Crippen LogP contribution in [-0.2, 0) is 6.54 Å². The minimum Gasteiger partial charge on any atom is -0.378 e. The van der Waals surface area contributed by atoms with Gasteiger partial charge in [0.25, 0.3) is 0 Å². The van der Waals surface area contributed by atoms with E-state index in [0.29, 0.717) is 24.2 Å². The lowest BCUT2D eigenvalue weighted by Gasteiger charge is -2.31. The minimum absolute atomic E-state index is 0.107. The van der Waals surface area contributed by atoms with Gasteiger partial charge in [-0.1, -0.05) is 37.3 Å². The second-order valence-corrected chi connectivity index (χ2v) is 6.37. The highest BCUT2D eigenvalue weighted by atomic mass is 16.6. The molecule has 2 aromatic rings. The number of hydrogen-bond acceptors (Lipinski definition) is 7. The zero-order valence-electron chi connectivity index (χ0n) is 14.2. The third-order valence-electron chi connectivity index (χ3n) is 4.45. The first-order valence-electron chi connectivity index (χ1n) is 8.39. The van der Waals surface area contributed by atoms with Gasteiger partial charge in [0, 0.05) is 19.6 Å². The zero-order valence-corrected chi connectivity index (χ0v) is 14.2. The van der Waals surface area contributed by atoms with E-state index in [1.54, 1.807) is 0 Å². The molecular formula is C17H22N6O2. The van der Waals surface area contributed by atoms with Crippen LogP contribution in [0.2, 0.25) is 0 Å². The van der Waals surface area contributed by atoms with E-state index in [1.165, 1.54) is 0 Å². The molecule has 3 rings (SSSR count). The van der Waals surface area contributed by atoms with Crippen LogP contribution in [0.3, 0.4) is 0 Å². The van der Waals surface area contributed by atoms with E-state index >= 15 is 0 Å². The normalized spacial score (nSPS) is 15.2. The molecule has 0 amide bonds. The maximum atomic E-state index is 11.4. The van der Waals surface area contributed by atoms with Crippen molar-refractivity contribution in [1.82, 2.24) is 9.97 Å². The Morgan fingerprint density at radius 2 is 1.96 bits per heavy atom. The number of aromatic nitrogens is 2. The maximum absolute atomic E-state index is 11.4. The van der Waals surface area contributed by atoms with Crippen LogP contribution in [0.4, 0.5) is 23.3 Å². The summed E-state index contributed by atoms with van der Waals surface area (Å²) in [6, 6.07) is 9.80. The molecule has 1 aromatic carbocycles. The Kier molecular flexibility index (Phi) is 4.97. The molecule has 132 valence electrons. The number of hydrogen-bond donors (Lipinski definition) is 2. The summed E-state index contributed by atoms with van der Waals surface area (Å²) in [6.45, 7) is 4.18. The zero-order chi connectivity index (χ0) is 17.8. The largest absolute Gasteiger partial charge is 0.378 e. The van der Waals surface area contributed by atoms with Crippen molar-refractivity contribution in [2.75, 3.05) is 29.0 Å². The predicted octanol–water partition coefficient (Wildman–Crippen LogP) is 2.82. The van der Waals surface area contributed by atoms with Crippen molar-refractivity contribution in [3.8, 4) is 0 Å². The van der Waals surface area contributed by atoms with Gasteiger partial charge in [0.15, 0.2) is 0 Å². The molecule has 0 aliphatic carbocycles. The van der Waals surface area contributed by atoms with Crippen LogP contribution in [0.5, 0.6) is 0 Å². The number of nitrogens with two attached hydrogens (primary N) is 1. The fourth-order valence-electron chi connectivity index (χ4n) is 2.93. The number of nitro groups is 1. The van der Waals surface area contributed by atoms with E-state index < -0.39 is 4.92 Å². The van der Waals surface area contributed by atoms with Gasteiger partial charge in [0.05, 0.1) is 4.92 Å². The van der Waals surface area contributed by atoms with Gasteiger partial charge in [0.2, 0.25) is 17.6 Å². The van der Waals surface area contributed by atoms with Gasteiger partial charge < -0.3 is 16.0 Å². The van der Waals surface area contributed by atoms with Crippen LogP contribution in [0, 0.1) is 16.0 Å². The molecular weight excluding hydrogens is 320 g/mol. The number of nitrogens with zero attached hydrogens (tertiary/aromatic N) is 4. The van der Waals surface area contributed by atoms with E-state index in [4.69, 9.17) is 5.73 Å². The van der Waals surface area contributed by atoms with E-state index in [0.717, 1.165) is 31.5 Å².